The summed E-state index contributed by atoms with van der Waals surface area (Å²) in [5.74, 6) is 0. The molecule has 5 aromatic carbocycles. The highest BCUT2D eigenvalue weighted by Gasteiger charge is 2.18. The second-order valence-electron chi connectivity index (χ2n) is 7.26. The predicted molar refractivity (Wildman–Crippen MR) is 133 cm³/mol. The van der Waals surface area contributed by atoms with Gasteiger partial charge in [0, 0.05) is 17.1 Å². The fourth-order valence-electron chi connectivity index (χ4n) is 4.21. The molecule has 0 amide bonds. The van der Waals surface area contributed by atoms with Gasteiger partial charge in [-0.2, -0.15) is 0 Å². The topological polar surface area (TPSA) is 12.9 Å². The number of rotatable bonds is 3. The fourth-order valence-corrected chi connectivity index (χ4v) is 4.92. The van der Waals surface area contributed by atoms with Crippen molar-refractivity contribution in [2.24, 2.45) is 0 Å². The van der Waals surface area contributed by atoms with Crippen LogP contribution in [0.15, 0.2) is 115 Å². The molecule has 0 spiro atoms. The van der Waals surface area contributed by atoms with Gasteiger partial charge in [0.1, 0.15) is 5.01 Å². The first kappa shape index (κ1) is 13.5. The highest BCUT2D eigenvalue weighted by molar-refractivity contribution is 7.13. The average Bonchev–Trinajstić information content (AvgIpc) is 3.45. The maximum absolute atomic E-state index is 8.75. The molecule has 6 aromatic rings. The summed E-state index contributed by atoms with van der Waals surface area (Å²) >= 11 is 1.55. The summed E-state index contributed by atoms with van der Waals surface area (Å²) in [4.78, 5) is 4.60. The second-order valence-corrected chi connectivity index (χ2v) is 8.15. The molecule has 0 aliphatic carbocycles. The van der Waals surface area contributed by atoms with Crippen molar-refractivity contribution >= 4 is 32.9 Å². The highest BCUT2D eigenvalue weighted by atomic mass is 32.1. The number of fused-ring (bicyclic) bond motifs is 2. The van der Waals surface area contributed by atoms with Gasteiger partial charge in [-0.05, 0) is 49.9 Å². The van der Waals surface area contributed by atoms with Gasteiger partial charge in [-0.3, -0.25) is 0 Å². The lowest BCUT2D eigenvalue weighted by Crippen LogP contribution is -1.91. The van der Waals surface area contributed by atoms with Crippen LogP contribution in [0.2, 0.25) is 0 Å². The number of thiazole rings is 1. The molecule has 0 aliphatic heterocycles. The minimum absolute atomic E-state index is 0.207. The SMILES string of the molecule is [2H]c1c([2H])c([2H])c(-c2c3ccccc3c(-c3nccs3)c3ccc(-c4ccccc4)cc23)c([2H])c1[2H]. The number of hydrogen-bond donors (Lipinski definition) is 0. The van der Waals surface area contributed by atoms with Crippen molar-refractivity contribution in [3.05, 3.63) is 115 Å². The van der Waals surface area contributed by atoms with E-state index in [9.17, 15) is 0 Å². The molecule has 6 rings (SSSR count). The van der Waals surface area contributed by atoms with Crippen LogP contribution in [0.1, 0.15) is 6.85 Å². The van der Waals surface area contributed by atoms with E-state index in [0.717, 1.165) is 43.2 Å². The molecule has 0 saturated carbocycles. The molecule has 0 unspecified atom stereocenters. The maximum Gasteiger partial charge on any atom is 0.124 e. The summed E-state index contributed by atoms with van der Waals surface area (Å²) in [5.41, 5.74) is 3.84. The third-order valence-corrected chi connectivity index (χ3v) is 6.32. The van der Waals surface area contributed by atoms with Gasteiger partial charge in [-0.25, -0.2) is 4.98 Å². The highest BCUT2D eigenvalue weighted by Crippen LogP contribution is 2.44. The third-order valence-electron chi connectivity index (χ3n) is 5.53. The first-order valence-corrected chi connectivity index (χ1v) is 10.9. The van der Waals surface area contributed by atoms with Crippen LogP contribution in [-0.4, -0.2) is 4.98 Å². The minimum Gasteiger partial charge on any atom is -0.245 e. The Hall–Kier alpha value is -3.75. The average molecular weight is 419 g/mol. The fraction of sp³-hybridized carbons (Fsp3) is 0. The lowest BCUT2D eigenvalue weighted by molar-refractivity contribution is 1.43. The Balaban J connectivity index is 1.85. The smallest absolute Gasteiger partial charge is 0.124 e. The second kappa shape index (κ2) is 7.50. The van der Waals surface area contributed by atoms with Crippen LogP contribution < -0.4 is 0 Å². The lowest BCUT2D eigenvalue weighted by Gasteiger charge is -2.17. The number of aromatic nitrogens is 1. The Morgan fingerprint density at radius 2 is 1.32 bits per heavy atom. The standard InChI is InChI=1S/C29H19NS/c1-3-9-20(10-4-1)22-15-16-25-26(19-22)27(21-11-5-2-6-12-21)23-13-7-8-14-24(23)28(25)29-30-17-18-31-29/h1-19H/i2D,5D,6D,11D,12D. The van der Waals surface area contributed by atoms with E-state index in [4.69, 9.17) is 6.85 Å². The Morgan fingerprint density at radius 3 is 2.06 bits per heavy atom. The van der Waals surface area contributed by atoms with Crippen LogP contribution in [0.3, 0.4) is 0 Å². The van der Waals surface area contributed by atoms with E-state index in [0.29, 0.717) is 5.56 Å². The summed E-state index contributed by atoms with van der Waals surface area (Å²) in [7, 11) is 0. The molecule has 1 aromatic heterocycles. The molecule has 0 bridgehead atoms. The molecule has 1 heterocycles. The lowest BCUT2D eigenvalue weighted by atomic mass is 9.87. The van der Waals surface area contributed by atoms with Crippen LogP contribution in [0.4, 0.5) is 0 Å². The predicted octanol–water partition coefficient (Wildman–Crippen LogP) is 8.45. The molecule has 1 nitrogen and oxygen atoms in total. The van der Waals surface area contributed by atoms with E-state index in [1.54, 1.807) is 17.5 Å². The van der Waals surface area contributed by atoms with Crippen LogP contribution in [0, 0.1) is 0 Å². The van der Waals surface area contributed by atoms with Crippen LogP contribution in [-0.2, 0) is 0 Å². The molecule has 0 atom stereocenters. The van der Waals surface area contributed by atoms with Gasteiger partial charge in [0.25, 0.3) is 0 Å². The van der Waals surface area contributed by atoms with Crippen molar-refractivity contribution in [1.82, 2.24) is 4.98 Å². The molecule has 31 heavy (non-hydrogen) atoms. The summed E-state index contributed by atoms with van der Waals surface area (Å²) in [6.07, 6.45) is 1.78. The third kappa shape index (κ3) is 3.04. The van der Waals surface area contributed by atoms with Gasteiger partial charge < -0.3 is 0 Å². The quantitative estimate of drug-likeness (QED) is 0.263. The Labute approximate surface area is 192 Å². The van der Waals surface area contributed by atoms with E-state index in [-0.39, 0.29) is 29.7 Å². The van der Waals surface area contributed by atoms with E-state index < -0.39 is 6.04 Å². The van der Waals surface area contributed by atoms with Gasteiger partial charge in [-0.15, -0.1) is 11.3 Å². The molecule has 0 N–H and O–H groups in total. The van der Waals surface area contributed by atoms with Gasteiger partial charge in [0.05, 0.1) is 6.85 Å². The van der Waals surface area contributed by atoms with Crippen LogP contribution in [0.25, 0.3) is 54.4 Å². The van der Waals surface area contributed by atoms with E-state index >= 15 is 0 Å². The van der Waals surface area contributed by atoms with Gasteiger partial charge >= 0.3 is 0 Å². The summed E-state index contributed by atoms with van der Waals surface area (Å²) < 4.78 is 42.2. The number of hydrogen-bond acceptors (Lipinski definition) is 2. The molecule has 146 valence electrons. The van der Waals surface area contributed by atoms with Crippen molar-refractivity contribution in [3.8, 4) is 32.8 Å². The first-order valence-electron chi connectivity index (χ1n) is 12.5. The number of benzene rings is 5. The monoisotopic (exact) mass is 418 g/mol. The van der Waals surface area contributed by atoms with Gasteiger partial charge in [0.2, 0.25) is 0 Å². The first-order chi connectivity index (χ1) is 17.5. The molecule has 0 aliphatic rings. The largest absolute Gasteiger partial charge is 0.245 e. The zero-order valence-corrected chi connectivity index (χ0v) is 17.3. The molecule has 0 radical (unpaired) electrons. The molecule has 0 saturated heterocycles. The zero-order valence-electron chi connectivity index (χ0n) is 21.4. The van der Waals surface area contributed by atoms with Crippen LogP contribution >= 0.6 is 11.3 Å². The zero-order chi connectivity index (χ0) is 25.0. The van der Waals surface area contributed by atoms with Crippen molar-refractivity contribution < 1.29 is 6.85 Å². The Kier molecular flexibility index (Phi) is 3.27. The van der Waals surface area contributed by atoms with E-state index in [1.807, 2.05) is 60.0 Å². The molecular weight excluding hydrogens is 394 g/mol. The van der Waals surface area contributed by atoms with E-state index in [1.165, 1.54) is 0 Å². The Morgan fingerprint density at radius 1 is 0.613 bits per heavy atom. The minimum atomic E-state index is -0.397. The Bertz CT molecular complexity index is 1750. The van der Waals surface area contributed by atoms with Crippen molar-refractivity contribution in [3.63, 3.8) is 0 Å². The van der Waals surface area contributed by atoms with Crippen molar-refractivity contribution in [2.75, 3.05) is 0 Å². The van der Waals surface area contributed by atoms with Gasteiger partial charge in [-0.1, -0.05) is 96.9 Å². The summed E-state index contributed by atoms with van der Waals surface area (Å²) in [5, 5.41) is 6.30. The summed E-state index contributed by atoms with van der Waals surface area (Å²) in [6.45, 7) is 0. The van der Waals surface area contributed by atoms with Crippen molar-refractivity contribution in [2.45, 2.75) is 0 Å². The normalized spacial score (nSPS) is 13.5. The molecule has 0 fully saturated rings. The van der Waals surface area contributed by atoms with E-state index in [2.05, 4.69) is 23.2 Å². The number of nitrogens with zero attached hydrogens (tertiary/aromatic N) is 1. The van der Waals surface area contributed by atoms with Crippen LogP contribution in [0.5, 0.6) is 0 Å². The molecule has 2 heteroatoms. The molecular formula is C29H19NS. The summed E-state index contributed by atoms with van der Waals surface area (Å²) in [6, 6.07) is 22.5. The van der Waals surface area contributed by atoms with Gasteiger partial charge in [0.15, 0.2) is 0 Å². The van der Waals surface area contributed by atoms with Crippen molar-refractivity contribution in [1.29, 1.82) is 0 Å². The maximum atomic E-state index is 8.75.